The average Bonchev–Trinajstić information content (AvgIpc) is 2.77. The zero-order chi connectivity index (χ0) is 19.6. The quantitative estimate of drug-likeness (QED) is 0.569. The molecular weight excluding hydrogens is 352 g/mol. The van der Waals surface area contributed by atoms with Gasteiger partial charge in [-0.1, -0.05) is 24.3 Å². The summed E-state index contributed by atoms with van der Waals surface area (Å²) in [6.45, 7) is 5.10. The summed E-state index contributed by atoms with van der Waals surface area (Å²) in [5.41, 5.74) is 3.76. The molecule has 0 spiro atoms. The van der Waals surface area contributed by atoms with Gasteiger partial charge in [0.2, 0.25) is 0 Å². The molecule has 1 saturated heterocycles. The molecule has 0 radical (unpaired) electrons. The van der Waals surface area contributed by atoms with E-state index in [1.165, 1.54) is 16.8 Å². The lowest BCUT2D eigenvalue weighted by Gasteiger charge is -2.28. The molecule has 0 unspecified atom stereocenters. The number of anilines is 1. The van der Waals surface area contributed by atoms with Gasteiger partial charge in [-0.05, 0) is 41.8 Å². The van der Waals surface area contributed by atoms with Crippen LogP contribution in [-0.4, -0.2) is 53.0 Å². The van der Waals surface area contributed by atoms with E-state index in [-0.39, 0.29) is 0 Å². The molecule has 28 heavy (non-hydrogen) atoms. The van der Waals surface area contributed by atoms with E-state index in [9.17, 15) is 0 Å². The lowest BCUT2D eigenvalue weighted by Crippen LogP contribution is -2.38. The van der Waals surface area contributed by atoms with Crippen LogP contribution in [0, 0.1) is 0 Å². The highest BCUT2D eigenvalue weighted by atomic mass is 16.5. The van der Waals surface area contributed by atoms with Gasteiger partial charge in [0.15, 0.2) is 5.96 Å². The van der Waals surface area contributed by atoms with Crippen LogP contribution in [0.2, 0.25) is 0 Å². The minimum absolute atomic E-state index is 0.742. The van der Waals surface area contributed by atoms with Crippen molar-refractivity contribution in [1.82, 2.24) is 10.6 Å². The van der Waals surface area contributed by atoms with Crippen LogP contribution in [0.15, 0.2) is 53.5 Å². The Kier molecular flexibility index (Phi) is 7.55. The second-order valence-corrected chi connectivity index (χ2v) is 6.72. The van der Waals surface area contributed by atoms with Gasteiger partial charge in [0.1, 0.15) is 5.75 Å². The lowest BCUT2D eigenvalue weighted by atomic mass is 10.1. The number of nitrogens with one attached hydrogen (secondary N) is 2. The van der Waals surface area contributed by atoms with Crippen LogP contribution >= 0.6 is 0 Å². The zero-order valence-electron chi connectivity index (χ0n) is 16.8. The van der Waals surface area contributed by atoms with E-state index in [2.05, 4.69) is 56.9 Å². The van der Waals surface area contributed by atoms with Crippen LogP contribution < -0.4 is 20.3 Å². The smallest absolute Gasteiger partial charge is 0.191 e. The number of hydrogen-bond acceptors (Lipinski definition) is 4. The number of rotatable bonds is 7. The highest BCUT2D eigenvalue weighted by molar-refractivity contribution is 5.79. The monoisotopic (exact) mass is 382 g/mol. The topological polar surface area (TPSA) is 58.1 Å². The highest BCUT2D eigenvalue weighted by Gasteiger charge is 2.10. The minimum atomic E-state index is 0.742. The van der Waals surface area contributed by atoms with Gasteiger partial charge in [0.25, 0.3) is 0 Å². The van der Waals surface area contributed by atoms with E-state index >= 15 is 0 Å². The molecule has 1 aliphatic rings. The molecule has 0 atom stereocenters. The summed E-state index contributed by atoms with van der Waals surface area (Å²) in [4.78, 5) is 6.67. The molecule has 1 aliphatic heterocycles. The van der Waals surface area contributed by atoms with Crippen molar-refractivity contribution in [1.29, 1.82) is 0 Å². The summed E-state index contributed by atoms with van der Waals surface area (Å²) >= 11 is 0. The van der Waals surface area contributed by atoms with Crippen LogP contribution in [0.5, 0.6) is 5.75 Å². The van der Waals surface area contributed by atoms with Crippen molar-refractivity contribution in [3.63, 3.8) is 0 Å². The Morgan fingerprint density at radius 1 is 1.00 bits per heavy atom. The number of guanidine groups is 1. The van der Waals surface area contributed by atoms with Crippen LogP contribution in [0.3, 0.4) is 0 Å². The molecule has 1 heterocycles. The maximum atomic E-state index is 5.42. The second-order valence-electron chi connectivity index (χ2n) is 6.72. The molecule has 6 nitrogen and oxygen atoms in total. The Labute approximate surface area is 167 Å². The van der Waals surface area contributed by atoms with E-state index < -0.39 is 0 Å². The molecular formula is C22H30N4O2. The van der Waals surface area contributed by atoms with Crippen LogP contribution in [0.25, 0.3) is 0 Å². The van der Waals surface area contributed by atoms with Crippen molar-refractivity contribution < 1.29 is 9.47 Å². The van der Waals surface area contributed by atoms with Gasteiger partial charge in [-0.25, -0.2) is 0 Å². The second kappa shape index (κ2) is 10.6. The number of benzene rings is 2. The molecule has 0 aliphatic carbocycles. The molecule has 2 aromatic carbocycles. The molecule has 0 amide bonds. The first-order valence-corrected chi connectivity index (χ1v) is 9.77. The molecule has 0 saturated carbocycles. The zero-order valence-corrected chi connectivity index (χ0v) is 16.8. The number of nitrogens with zero attached hydrogens (tertiary/aromatic N) is 2. The highest BCUT2D eigenvalue weighted by Crippen LogP contribution is 2.16. The van der Waals surface area contributed by atoms with Crippen LogP contribution in [0.4, 0.5) is 5.69 Å². The van der Waals surface area contributed by atoms with Crippen molar-refractivity contribution >= 4 is 11.6 Å². The molecule has 0 bridgehead atoms. The summed E-state index contributed by atoms with van der Waals surface area (Å²) in [5.74, 6) is 1.69. The van der Waals surface area contributed by atoms with E-state index in [4.69, 9.17) is 9.47 Å². The molecule has 1 fully saturated rings. The first-order valence-electron chi connectivity index (χ1n) is 9.77. The number of aliphatic imine (C=N–C) groups is 1. The first kappa shape index (κ1) is 20.0. The number of hydrogen-bond donors (Lipinski definition) is 2. The fraction of sp³-hybridized carbons (Fsp3) is 0.409. The summed E-state index contributed by atoms with van der Waals surface area (Å²) in [5, 5.41) is 6.74. The van der Waals surface area contributed by atoms with Crippen molar-refractivity contribution in [2.24, 2.45) is 4.99 Å². The molecule has 2 N–H and O–H groups in total. The fourth-order valence-corrected chi connectivity index (χ4v) is 3.17. The molecule has 3 rings (SSSR count). The van der Waals surface area contributed by atoms with Crippen LogP contribution in [-0.2, 0) is 17.7 Å². The predicted octanol–water partition coefficient (Wildman–Crippen LogP) is 2.44. The van der Waals surface area contributed by atoms with Crippen molar-refractivity contribution in [3.8, 4) is 5.75 Å². The third-order valence-electron chi connectivity index (χ3n) is 4.86. The minimum Gasteiger partial charge on any atom is -0.497 e. The third kappa shape index (κ3) is 5.89. The Hall–Kier alpha value is -2.73. The van der Waals surface area contributed by atoms with Gasteiger partial charge >= 0.3 is 0 Å². The standard InChI is InChI=1S/C22H30N4O2/c1-23-22(24-12-11-18-5-9-21(27-2)10-6-18)25-17-19-3-7-20(8-4-19)26-13-15-28-16-14-26/h3-10H,11-17H2,1-2H3,(H2,23,24,25). The SMILES string of the molecule is CN=C(NCCc1ccc(OC)cc1)NCc1ccc(N2CCOCC2)cc1. The largest absolute Gasteiger partial charge is 0.497 e. The van der Waals surface area contributed by atoms with E-state index in [1.54, 1.807) is 14.2 Å². The molecule has 0 aromatic heterocycles. The van der Waals surface area contributed by atoms with E-state index in [0.717, 1.165) is 57.5 Å². The maximum Gasteiger partial charge on any atom is 0.191 e. The number of ether oxygens (including phenoxy) is 2. The Morgan fingerprint density at radius 2 is 1.68 bits per heavy atom. The summed E-state index contributed by atoms with van der Waals surface area (Å²) in [6, 6.07) is 16.9. The molecule has 150 valence electrons. The molecule has 2 aromatic rings. The third-order valence-corrected chi connectivity index (χ3v) is 4.86. The Balaban J connectivity index is 1.41. The lowest BCUT2D eigenvalue weighted by molar-refractivity contribution is 0.122. The van der Waals surface area contributed by atoms with Gasteiger partial charge in [-0.2, -0.15) is 0 Å². The van der Waals surface area contributed by atoms with Crippen LogP contribution in [0.1, 0.15) is 11.1 Å². The Bertz CT molecular complexity index is 738. The first-order chi connectivity index (χ1) is 13.8. The summed E-state index contributed by atoms with van der Waals surface area (Å²) < 4.78 is 10.6. The summed E-state index contributed by atoms with van der Waals surface area (Å²) in [7, 11) is 3.48. The van der Waals surface area contributed by atoms with Crippen molar-refractivity contribution in [2.75, 3.05) is 51.9 Å². The fourth-order valence-electron chi connectivity index (χ4n) is 3.17. The van der Waals surface area contributed by atoms with Gasteiger partial charge in [0, 0.05) is 38.9 Å². The van der Waals surface area contributed by atoms with E-state index in [1.807, 2.05) is 12.1 Å². The summed E-state index contributed by atoms with van der Waals surface area (Å²) in [6.07, 6.45) is 0.930. The van der Waals surface area contributed by atoms with E-state index in [0.29, 0.717) is 0 Å². The maximum absolute atomic E-state index is 5.42. The van der Waals surface area contributed by atoms with Gasteiger partial charge in [-0.3, -0.25) is 4.99 Å². The normalized spacial score (nSPS) is 14.6. The van der Waals surface area contributed by atoms with Gasteiger partial charge in [0.05, 0.1) is 20.3 Å². The molecule has 6 heteroatoms. The Morgan fingerprint density at radius 3 is 2.32 bits per heavy atom. The average molecular weight is 383 g/mol. The predicted molar refractivity (Wildman–Crippen MR) is 114 cm³/mol. The van der Waals surface area contributed by atoms with Crippen molar-refractivity contribution in [2.45, 2.75) is 13.0 Å². The van der Waals surface area contributed by atoms with Gasteiger partial charge < -0.3 is 25.0 Å². The van der Waals surface area contributed by atoms with Gasteiger partial charge in [-0.15, -0.1) is 0 Å². The number of morpholine rings is 1. The van der Waals surface area contributed by atoms with Crippen molar-refractivity contribution in [3.05, 3.63) is 59.7 Å². The number of methoxy groups -OCH3 is 1.